The molecule has 0 spiro atoms. The molecule has 4 atom stereocenters. The maximum atomic E-state index is 12.8. The smallest absolute Gasteiger partial charge is 0.306 e. The molecular weight excluding hydrogens is 1060 g/mol. The van der Waals surface area contributed by atoms with Crippen LogP contribution < -0.4 is 0 Å². The summed E-state index contributed by atoms with van der Waals surface area (Å²) in [6, 6.07) is 0. The van der Waals surface area contributed by atoms with Gasteiger partial charge in [-0.3, -0.25) is 43.6 Å². The molecule has 4 unspecified atom stereocenters. The number of nitrogens with zero attached hydrogens (tertiary/aromatic N) is 4. The van der Waals surface area contributed by atoms with Gasteiger partial charge in [-0.05, 0) is 136 Å². The Hall–Kier alpha value is -2.27. The fourth-order valence-corrected chi connectivity index (χ4v) is 11.3. The molecule has 80 heavy (non-hydrogen) atoms. The summed E-state index contributed by atoms with van der Waals surface area (Å²) in [7, 11) is 3.79. The van der Waals surface area contributed by atoms with Crippen LogP contribution in [0.4, 0.5) is 0 Å². The number of ether oxygens (including phenoxy) is 5. The first-order chi connectivity index (χ1) is 38.2. The van der Waals surface area contributed by atoms with Crippen LogP contribution in [-0.2, 0) is 47.7 Å². The van der Waals surface area contributed by atoms with Crippen LogP contribution in [0.15, 0.2) is 0 Å². The maximum Gasteiger partial charge on any atom is 0.306 e. The Labute approximate surface area is 492 Å². The molecule has 0 amide bonds. The third-order valence-electron chi connectivity index (χ3n) is 13.7. The van der Waals surface area contributed by atoms with Crippen molar-refractivity contribution in [1.29, 1.82) is 0 Å². The highest BCUT2D eigenvalue weighted by Gasteiger charge is 2.21. The van der Waals surface area contributed by atoms with Gasteiger partial charge in [-0.15, -0.1) is 0 Å². The molecule has 0 aromatic rings. The van der Waals surface area contributed by atoms with Crippen molar-refractivity contribution in [3.05, 3.63) is 0 Å². The van der Waals surface area contributed by atoms with E-state index in [1.807, 2.05) is 54.2 Å². The Balaban J connectivity index is 2.42. The molecule has 0 saturated carbocycles. The topological polar surface area (TPSA) is 225 Å². The largest absolute Gasteiger partial charge is 0.466 e. The molecule has 0 radical (unpaired) electrons. The number of hydrogen-bond acceptors (Lipinski definition) is 20. The molecule has 1 aliphatic heterocycles. The monoisotopic (exact) mass is 1180 g/mol. The van der Waals surface area contributed by atoms with Gasteiger partial charge in [-0.1, -0.05) is 75.0 Å². The van der Waals surface area contributed by atoms with Crippen LogP contribution in [0.2, 0.25) is 0 Å². The lowest BCUT2D eigenvalue weighted by Gasteiger charge is -2.34. The summed E-state index contributed by atoms with van der Waals surface area (Å²) in [5.74, 6) is 1.91. The molecule has 1 heterocycles. The number of carbonyl (C=O) groups is 5. The van der Waals surface area contributed by atoms with Crippen molar-refractivity contribution in [2.75, 3.05) is 110 Å². The third-order valence-corrected chi connectivity index (χ3v) is 16.2. The summed E-state index contributed by atoms with van der Waals surface area (Å²) in [5.41, 5.74) is 0. The highest BCUT2D eigenvalue weighted by Crippen LogP contribution is 2.23. The van der Waals surface area contributed by atoms with Gasteiger partial charge >= 0.3 is 29.8 Å². The SMILES string of the molecule is CC(C)CCOC(=O)CCCCC(O)CN(CCCCSSCCN1CCN(CCOC(=O)CCCN(CC(O)CCCCC(=O)OC(C)C)CC(O)CCCCC(=O)OC(C)C)CC1)CC(O)CCCCC(=O)OCCC(C)C. The van der Waals surface area contributed by atoms with Crippen molar-refractivity contribution in [2.24, 2.45) is 11.8 Å². The minimum Gasteiger partial charge on any atom is -0.466 e. The summed E-state index contributed by atoms with van der Waals surface area (Å²) in [5, 5.41) is 43.7. The molecule has 470 valence electrons. The zero-order valence-electron chi connectivity index (χ0n) is 51.2. The maximum absolute atomic E-state index is 12.8. The van der Waals surface area contributed by atoms with Crippen LogP contribution >= 0.6 is 21.6 Å². The van der Waals surface area contributed by atoms with E-state index in [0.29, 0.717) is 167 Å². The van der Waals surface area contributed by atoms with Crippen molar-refractivity contribution in [3.8, 4) is 0 Å². The highest BCUT2D eigenvalue weighted by molar-refractivity contribution is 8.76. The number of aliphatic hydroxyl groups is 4. The second-order valence-corrected chi connectivity index (χ2v) is 26.1. The molecule has 20 heteroatoms. The summed E-state index contributed by atoms with van der Waals surface area (Å²) >= 11 is 0. The van der Waals surface area contributed by atoms with Crippen LogP contribution in [0.3, 0.4) is 0 Å². The zero-order valence-corrected chi connectivity index (χ0v) is 52.8. The molecule has 0 aromatic carbocycles. The van der Waals surface area contributed by atoms with Crippen LogP contribution in [0.5, 0.6) is 0 Å². The molecule has 1 aliphatic rings. The molecule has 0 bridgehead atoms. The van der Waals surface area contributed by atoms with E-state index in [4.69, 9.17) is 23.7 Å². The number of rotatable bonds is 52. The average molecular weight is 1180 g/mol. The Morgan fingerprint density at radius 3 is 1.12 bits per heavy atom. The number of aliphatic hydroxyl groups excluding tert-OH is 4. The van der Waals surface area contributed by atoms with E-state index in [0.717, 1.165) is 89.3 Å². The van der Waals surface area contributed by atoms with Crippen LogP contribution in [-0.4, -0.2) is 216 Å². The third kappa shape index (κ3) is 47.1. The molecule has 1 rings (SSSR count). The fourth-order valence-electron chi connectivity index (χ4n) is 9.10. The lowest BCUT2D eigenvalue weighted by Crippen LogP contribution is -2.47. The van der Waals surface area contributed by atoms with Crippen LogP contribution in [0.25, 0.3) is 0 Å². The van der Waals surface area contributed by atoms with Gasteiger partial charge in [0.25, 0.3) is 0 Å². The molecule has 18 nitrogen and oxygen atoms in total. The van der Waals surface area contributed by atoms with Gasteiger partial charge in [0.1, 0.15) is 6.61 Å². The predicted octanol–water partition coefficient (Wildman–Crippen LogP) is 8.46. The molecule has 0 aromatic heterocycles. The average Bonchev–Trinajstić information content (AvgIpc) is 3.37. The van der Waals surface area contributed by atoms with Gasteiger partial charge in [0.2, 0.25) is 0 Å². The first kappa shape index (κ1) is 75.7. The van der Waals surface area contributed by atoms with Crippen molar-refractivity contribution < 1.29 is 68.1 Å². The first-order valence-electron chi connectivity index (χ1n) is 30.9. The Kier molecular flexibility index (Phi) is 46.4. The van der Waals surface area contributed by atoms with Gasteiger partial charge in [0, 0.05) is 109 Å². The predicted molar refractivity (Wildman–Crippen MR) is 321 cm³/mol. The number of piperazine rings is 1. The summed E-state index contributed by atoms with van der Waals surface area (Å²) in [6.45, 7) is 25.2. The van der Waals surface area contributed by atoms with Crippen molar-refractivity contribution >= 4 is 51.4 Å². The van der Waals surface area contributed by atoms with Gasteiger partial charge in [0.15, 0.2) is 0 Å². The van der Waals surface area contributed by atoms with Gasteiger partial charge in [0.05, 0.1) is 49.8 Å². The number of carbonyl (C=O) groups excluding carboxylic acids is 5. The van der Waals surface area contributed by atoms with Gasteiger partial charge in [-0.2, -0.15) is 0 Å². The number of unbranched alkanes of at least 4 members (excludes halogenated alkanes) is 5. The standard InChI is InChI=1S/C60H114N4O14S2/c1-48(2)29-39-74-56(69)24-13-9-20-52(65)44-63(45-53(66)21-10-14-25-57(70)75-40-30-49(3)4)31-17-18-42-79-80-43-38-62-35-33-61(34-36-62)37-41-76-58(71)28-19-32-64(46-54(67)22-11-15-26-59(72)77-50(5)6)47-55(68)23-12-16-27-60(73)78-51(7)8/h48-55,65-68H,9-47H2,1-8H3. The number of hydrogen-bond donors (Lipinski definition) is 4. The van der Waals surface area contributed by atoms with Crippen molar-refractivity contribution in [1.82, 2.24) is 19.6 Å². The van der Waals surface area contributed by atoms with E-state index in [2.05, 4.69) is 42.4 Å². The molecule has 0 aliphatic carbocycles. The van der Waals surface area contributed by atoms with E-state index in [1.54, 1.807) is 0 Å². The van der Waals surface area contributed by atoms with E-state index in [9.17, 15) is 44.4 Å². The van der Waals surface area contributed by atoms with E-state index < -0.39 is 24.4 Å². The summed E-state index contributed by atoms with van der Waals surface area (Å²) in [6.07, 6.45) is 10.6. The molecule has 4 N–H and O–H groups in total. The summed E-state index contributed by atoms with van der Waals surface area (Å²) < 4.78 is 26.7. The van der Waals surface area contributed by atoms with E-state index in [-0.39, 0.29) is 48.5 Å². The quantitative estimate of drug-likeness (QED) is 0.0194. The second-order valence-electron chi connectivity index (χ2n) is 23.4. The molecule has 1 fully saturated rings. The lowest BCUT2D eigenvalue weighted by atomic mass is 10.1. The van der Waals surface area contributed by atoms with E-state index >= 15 is 0 Å². The molecular formula is C60H114N4O14S2. The zero-order chi connectivity index (χ0) is 59.3. The minimum absolute atomic E-state index is 0.159. The van der Waals surface area contributed by atoms with Gasteiger partial charge < -0.3 is 44.1 Å². The Bertz CT molecular complexity index is 1500. The second kappa shape index (κ2) is 49.0. The highest BCUT2D eigenvalue weighted by atomic mass is 33.1. The van der Waals surface area contributed by atoms with Crippen molar-refractivity contribution in [3.63, 3.8) is 0 Å². The van der Waals surface area contributed by atoms with E-state index in [1.165, 1.54) is 0 Å². The fraction of sp³-hybridized carbons (Fsp3) is 0.917. The van der Waals surface area contributed by atoms with Crippen molar-refractivity contribution in [2.45, 2.75) is 233 Å². The van der Waals surface area contributed by atoms with Crippen LogP contribution in [0.1, 0.15) is 197 Å². The molecule has 1 saturated heterocycles. The first-order valence-corrected chi connectivity index (χ1v) is 33.4. The Morgan fingerprint density at radius 2 is 0.738 bits per heavy atom. The lowest BCUT2D eigenvalue weighted by molar-refractivity contribution is -0.148. The van der Waals surface area contributed by atoms with Crippen LogP contribution in [0, 0.1) is 11.8 Å². The number of esters is 5. The Morgan fingerprint density at radius 1 is 0.400 bits per heavy atom. The van der Waals surface area contributed by atoms with Gasteiger partial charge in [-0.25, -0.2) is 0 Å². The minimum atomic E-state index is -0.652. The normalized spacial score (nSPS) is 15.0. The summed E-state index contributed by atoms with van der Waals surface area (Å²) in [4.78, 5) is 69.8.